The number of carboxylic acid groups (broad SMARTS) is 1. The average Bonchev–Trinajstić information content (AvgIpc) is 2.80. The lowest BCUT2D eigenvalue weighted by Crippen LogP contribution is -2.14. The molecule has 2 rings (SSSR count). The van der Waals surface area contributed by atoms with E-state index >= 15 is 0 Å². The molecule has 0 saturated heterocycles. The van der Waals surface area contributed by atoms with Crippen molar-refractivity contribution in [1.82, 2.24) is 4.57 Å². The van der Waals surface area contributed by atoms with Gasteiger partial charge in [-0.15, -0.1) is 11.6 Å². The van der Waals surface area contributed by atoms with Crippen LogP contribution in [0.15, 0.2) is 30.5 Å². The third kappa shape index (κ3) is 3.70. The van der Waals surface area contributed by atoms with Crippen LogP contribution < -0.4 is 0 Å². The van der Waals surface area contributed by atoms with Gasteiger partial charge in [-0.3, -0.25) is 4.79 Å². The molecule has 0 fully saturated rings. The molecule has 1 heterocycles. The SMILES string of the molecule is CCC(Cl)CCC(CC(=O)O)n1cc(O)c2ccccc21. The van der Waals surface area contributed by atoms with Crippen LogP contribution in [0.5, 0.6) is 5.75 Å². The second-order valence-electron chi connectivity index (χ2n) is 5.27. The number of hydrogen-bond acceptors (Lipinski definition) is 2. The fraction of sp³-hybridized carbons (Fsp3) is 0.438. The molecule has 0 aliphatic rings. The summed E-state index contributed by atoms with van der Waals surface area (Å²) in [6, 6.07) is 7.25. The van der Waals surface area contributed by atoms with Crippen LogP contribution in [0.25, 0.3) is 10.9 Å². The fourth-order valence-electron chi connectivity index (χ4n) is 2.61. The molecule has 1 aromatic carbocycles. The van der Waals surface area contributed by atoms with Gasteiger partial charge < -0.3 is 14.8 Å². The zero-order chi connectivity index (χ0) is 15.4. The topological polar surface area (TPSA) is 62.5 Å². The van der Waals surface area contributed by atoms with Crippen LogP contribution >= 0.6 is 11.6 Å². The Hall–Kier alpha value is -1.68. The molecule has 2 unspecified atom stereocenters. The summed E-state index contributed by atoms with van der Waals surface area (Å²) in [7, 11) is 0. The van der Waals surface area contributed by atoms with E-state index < -0.39 is 5.97 Å². The number of alkyl halides is 1. The van der Waals surface area contributed by atoms with Crippen LogP contribution in [0.2, 0.25) is 0 Å². The maximum absolute atomic E-state index is 11.1. The minimum Gasteiger partial charge on any atom is -0.506 e. The van der Waals surface area contributed by atoms with Crippen LogP contribution in [-0.2, 0) is 4.79 Å². The molecule has 114 valence electrons. The Morgan fingerprint density at radius 3 is 2.71 bits per heavy atom. The van der Waals surface area contributed by atoms with Gasteiger partial charge in [0, 0.05) is 23.0 Å². The lowest BCUT2D eigenvalue weighted by molar-refractivity contribution is -0.137. The van der Waals surface area contributed by atoms with Crippen molar-refractivity contribution in [2.75, 3.05) is 0 Å². The lowest BCUT2D eigenvalue weighted by Gasteiger charge is -2.19. The quantitative estimate of drug-likeness (QED) is 0.755. The van der Waals surface area contributed by atoms with Gasteiger partial charge in [-0.1, -0.05) is 19.1 Å². The molecule has 0 bridgehead atoms. The number of aliphatic carboxylic acids is 1. The van der Waals surface area contributed by atoms with E-state index in [0.717, 1.165) is 23.7 Å². The molecule has 4 nitrogen and oxygen atoms in total. The summed E-state index contributed by atoms with van der Waals surface area (Å²) in [6.07, 6.45) is 3.92. The largest absolute Gasteiger partial charge is 0.506 e. The minimum atomic E-state index is -0.847. The highest BCUT2D eigenvalue weighted by Gasteiger charge is 2.19. The van der Waals surface area contributed by atoms with E-state index in [-0.39, 0.29) is 23.6 Å². The van der Waals surface area contributed by atoms with Crippen molar-refractivity contribution in [2.45, 2.75) is 44.0 Å². The van der Waals surface area contributed by atoms with Crippen LogP contribution in [0.1, 0.15) is 38.6 Å². The number of carboxylic acids is 1. The molecule has 2 N–H and O–H groups in total. The Bertz CT molecular complexity index is 623. The normalized spacial score (nSPS) is 14.2. The number of fused-ring (bicyclic) bond motifs is 1. The van der Waals surface area contributed by atoms with E-state index in [4.69, 9.17) is 16.7 Å². The van der Waals surface area contributed by atoms with Crippen LogP contribution in [-0.4, -0.2) is 26.1 Å². The highest BCUT2D eigenvalue weighted by atomic mass is 35.5. The maximum atomic E-state index is 11.1. The summed E-state index contributed by atoms with van der Waals surface area (Å²) in [5.41, 5.74) is 0.851. The zero-order valence-corrected chi connectivity index (χ0v) is 12.8. The standard InChI is InChI=1S/C16H20ClNO3/c1-2-11(17)7-8-12(9-16(20)21)18-10-15(19)13-5-3-4-6-14(13)18/h3-6,10-12,19H,2,7-9H2,1H3,(H,20,21). The van der Waals surface area contributed by atoms with Gasteiger partial charge >= 0.3 is 5.97 Å². The van der Waals surface area contributed by atoms with Crippen molar-refractivity contribution in [3.8, 4) is 5.75 Å². The molecule has 0 aliphatic heterocycles. The molecule has 2 aromatic rings. The van der Waals surface area contributed by atoms with E-state index in [9.17, 15) is 9.90 Å². The summed E-state index contributed by atoms with van der Waals surface area (Å²) < 4.78 is 1.86. The number of hydrogen-bond donors (Lipinski definition) is 2. The molecule has 21 heavy (non-hydrogen) atoms. The van der Waals surface area contributed by atoms with Crippen molar-refractivity contribution in [1.29, 1.82) is 0 Å². The maximum Gasteiger partial charge on any atom is 0.305 e. The molecule has 0 saturated carbocycles. The van der Waals surface area contributed by atoms with Gasteiger partial charge in [-0.25, -0.2) is 0 Å². The van der Waals surface area contributed by atoms with Gasteiger partial charge in [0.1, 0.15) is 5.75 Å². The Kier molecular flexibility index (Phi) is 5.12. The third-order valence-electron chi connectivity index (χ3n) is 3.78. The molecule has 0 radical (unpaired) electrons. The minimum absolute atomic E-state index is 0.0193. The first-order valence-corrected chi connectivity index (χ1v) is 7.61. The summed E-state index contributed by atoms with van der Waals surface area (Å²) in [5, 5.41) is 19.9. The van der Waals surface area contributed by atoms with Gasteiger partial charge in [-0.2, -0.15) is 0 Å². The first-order chi connectivity index (χ1) is 10.0. The van der Waals surface area contributed by atoms with E-state index in [0.29, 0.717) is 6.42 Å². The van der Waals surface area contributed by atoms with Crippen molar-refractivity contribution < 1.29 is 15.0 Å². The van der Waals surface area contributed by atoms with Crippen molar-refractivity contribution >= 4 is 28.5 Å². The molecule has 0 aliphatic carbocycles. The van der Waals surface area contributed by atoms with Crippen molar-refractivity contribution in [2.24, 2.45) is 0 Å². The lowest BCUT2D eigenvalue weighted by atomic mass is 10.0. The second kappa shape index (κ2) is 6.85. The summed E-state index contributed by atoms with van der Waals surface area (Å²) in [6.45, 7) is 2.01. The molecule has 5 heteroatoms. The Morgan fingerprint density at radius 1 is 1.33 bits per heavy atom. The molecule has 0 amide bonds. The van der Waals surface area contributed by atoms with Crippen LogP contribution in [0.3, 0.4) is 0 Å². The van der Waals surface area contributed by atoms with Crippen LogP contribution in [0.4, 0.5) is 0 Å². The Balaban J connectivity index is 2.31. The van der Waals surface area contributed by atoms with E-state index in [1.165, 1.54) is 0 Å². The number of halogens is 1. The molecule has 0 spiro atoms. The molecular formula is C16H20ClNO3. The van der Waals surface area contributed by atoms with E-state index in [1.807, 2.05) is 35.8 Å². The van der Waals surface area contributed by atoms with Gasteiger partial charge in [0.2, 0.25) is 0 Å². The highest BCUT2D eigenvalue weighted by molar-refractivity contribution is 6.20. The fourth-order valence-corrected chi connectivity index (χ4v) is 2.73. The van der Waals surface area contributed by atoms with E-state index in [1.54, 1.807) is 6.20 Å². The number of nitrogens with zero attached hydrogens (tertiary/aromatic N) is 1. The summed E-state index contributed by atoms with van der Waals surface area (Å²) >= 11 is 6.15. The molecule has 2 atom stereocenters. The summed E-state index contributed by atoms with van der Waals surface area (Å²) in [4.78, 5) is 11.1. The molecular weight excluding hydrogens is 290 g/mol. The number of carbonyl (C=O) groups is 1. The second-order valence-corrected chi connectivity index (χ2v) is 5.89. The number of para-hydroxylation sites is 1. The number of benzene rings is 1. The monoisotopic (exact) mass is 309 g/mol. The Morgan fingerprint density at radius 2 is 2.05 bits per heavy atom. The van der Waals surface area contributed by atoms with Gasteiger partial charge in [-0.05, 0) is 31.4 Å². The number of rotatable bonds is 7. The third-order valence-corrected chi connectivity index (χ3v) is 4.31. The van der Waals surface area contributed by atoms with Gasteiger partial charge in [0.15, 0.2) is 0 Å². The smallest absolute Gasteiger partial charge is 0.305 e. The van der Waals surface area contributed by atoms with Crippen molar-refractivity contribution in [3.63, 3.8) is 0 Å². The van der Waals surface area contributed by atoms with Gasteiger partial charge in [0.25, 0.3) is 0 Å². The average molecular weight is 310 g/mol. The van der Waals surface area contributed by atoms with Crippen LogP contribution in [0, 0.1) is 0 Å². The number of aromatic hydroxyl groups is 1. The predicted molar refractivity (Wildman–Crippen MR) is 84.1 cm³/mol. The first kappa shape index (κ1) is 15.7. The zero-order valence-electron chi connectivity index (χ0n) is 12.0. The van der Waals surface area contributed by atoms with Crippen molar-refractivity contribution in [3.05, 3.63) is 30.5 Å². The predicted octanol–water partition coefficient (Wildman–Crippen LogP) is 4.16. The molecule has 1 aromatic heterocycles. The van der Waals surface area contributed by atoms with Gasteiger partial charge in [0.05, 0.1) is 11.9 Å². The summed E-state index contributed by atoms with van der Waals surface area (Å²) in [5.74, 6) is -0.668. The number of aromatic nitrogens is 1. The van der Waals surface area contributed by atoms with E-state index in [2.05, 4.69) is 0 Å². The highest BCUT2D eigenvalue weighted by Crippen LogP contribution is 2.32. The first-order valence-electron chi connectivity index (χ1n) is 7.17. The Labute approximate surface area is 129 Å².